The number of hydrogen-bond donors (Lipinski definition) is 0. The molecule has 0 aliphatic heterocycles. The van der Waals surface area contributed by atoms with Gasteiger partial charge in [-0.15, -0.1) is 6.58 Å². The van der Waals surface area contributed by atoms with Gasteiger partial charge in [-0.05, 0) is 17.8 Å². The number of hydrogen-bond acceptors (Lipinski definition) is 1. The Morgan fingerprint density at radius 1 is 1.64 bits per heavy atom. The number of nitriles is 1. The van der Waals surface area contributed by atoms with E-state index in [1.807, 2.05) is 6.08 Å². The van der Waals surface area contributed by atoms with Crippen LogP contribution >= 0.6 is 0 Å². The third kappa shape index (κ3) is 0.976. The Bertz CT molecular complexity index is 216. The molecule has 0 unspecified atom stereocenters. The zero-order valence-corrected chi connectivity index (χ0v) is 7.52. The van der Waals surface area contributed by atoms with Crippen molar-refractivity contribution in [2.45, 2.75) is 27.2 Å². The fraction of sp³-hybridized carbons (Fsp3) is 0.700. The minimum Gasteiger partial charge on any atom is -0.198 e. The average molecular weight is 149 g/mol. The van der Waals surface area contributed by atoms with Gasteiger partial charge >= 0.3 is 0 Å². The lowest BCUT2D eigenvalue weighted by Gasteiger charge is -2.25. The topological polar surface area (TPSA) is 23.8 Å². The van der Waals surface area contributed by atoms with Crippen molar-refractivity contribution in [2.24, 2.45) is 16.7 Å². The molecule has 2 atom stereocenters. The summed E-state index contributed by atoms with van der Waals surface area (Å²) < 4.78 is 0. The van der Waals surface area contributed by atoms with Crippen LogP contribution in [0.1, 0.15) is 27.2 Å². The van der Waals surface area contributed by atoms with Crippen molar-refractivity contribution in [3.8, 4) is 6.07 Å². The highest BCUT2D eigenvalue weighted by Gasteiger charge is 2.60. The fourth-order valence-electron chi connectivity index (χ4n) is 1.73. The van der Waals surface area contributed by atoms with Crippen LogP contribution in [0.2, 0.25) is 0 Å². The van der Waals surface area contributed by atoms with Gasteiger partial charge in [0, 0.05) is 0 Å². The maximum absolute atomic E-state index is 9.00. The Balaban J connectivity index is 2.85. The fourth-order valence-corrected chi connectivity index (χ4v) is 1.73. The molecular weight excluding hydrogens is 134 g/mol. The summed E-state index contributed by atoms with van der Waals surface area (Å²) in [5.74, 6) is 0.424. The molecule has 0 aromatic carbocycles. The first-order chi connectivity index (χ1) is 4.98. The first-order valence-electron chi connectivity index (χ1n) is 4.02. The summed E-state index contributed by atoms with van der Waals surface area (Å²) in [6, 6.07) is 2.42. The predicted molar refractivity (Wildman–Crippen MR) is 45.8 cm³/mol. The zero-order valence-electron chi connectivity index (χ0n) is 7.52. The molecule has 0 radical (unpaired) electrons. The number of allylic oxidation sites excluding steroid dienone is 1. The van der Waals surface area contributed by atoms with E-state index in [4.69, 9.17) is 5.26 Å². The highest BCUT2D eigenvalue weighted by Crippen LogP contribution is 2.63. The molecule has 0 aromatic rings. The number of rotatable bonds is 1. The van der Waals surface area contributed by atoms with Crippen LogP contribution in [0.4, 0.5) is 0 Å². The van der Waals surface area contributed by atoms with Gasteiger partial charge in [0.15, 0.2) is 0 Å². The molecule has 0 N–H and O–H groups in total. The molecule has 1 nitrogen and oxygen atoms in total. The van der Waals surface area contributed by atoms with Crippen molar-refractivity contribution in [1.82, 2.24) is 0 Å². The third-order valence-electron chi connectivity index (χ3n) is 2.84. The van der Waals surface area contributed by atoms with Crippen molar-refractivity contribution >= 4 is 0 Å². The molecule has 1 fully saturated rings. The molecule has 1 aliphatic carbocycles. The summed E-state index contributed by atoms with van der Waals surface area (Å²) in [6.45, 7) is 10.1. The van der Waals surface area contributed by atoms with Crippen LogP contribution in [0.15, 0.2) is 12.7 Å². The maximum Gasteiger partial charge on any atom is 0.0701 e. The normalized spacial score (nSPS) is 36.0. The number of nitrogens with zero attached hydrogens (tertiary/aromatic N) is 1. The van der Waals surface area contributed by atoms with Gasteiger partial charge in [-0.1, -0.05) is 26.8 Å². The van der Waals surface area contributed by atoms with Crippen LogP contribution in [0, 0.1) is 28.1 Å². The SMILES string of the molecule is C=C[C@@H]1C[C@@]1(C#N)C(C)(C)C. The lowest BCUT2D eigenvalue weighted by Crippen LogP contribution is -2.21. The second-order valence-corrected chi connectivity index (χ2v) is 4.38. The third-order valence-corrected chi connectivity index (χ3v) is 2.84. The second kappa shape index (κ2) is 2.11. The molecule has 1 aliphatic rings. The van der Waals surface area contributed by atoms with E-state index in [0.717, 1.165) is 6.42 Å². The van der Waals surface area contributed by atoms with Crippen LogP contribution in [0.25, 0.3) is 0 Å². The first kappa shape index (κ1) is 8.33. The van der Waals surface area contributed by atoms with Crippen LogP contribution in [0.5, 0.6) is 0 Å². The van der Waals surface area contributed by atoms with Crippen LogP contribution in [-0.4, -0.2) is 0 Å². The Hall–Kier alpha value is -0.770. The van der Waals surface area contributed by atoms with Gasteiger partial charge < -0.3 is 0 Å². The van der Waals surface area contributed by atoms with Crippen molar-refractivity contribution in [1.29, 1.82) is 5.26 Å². The highest BCUT2D eigenvalue weighted by molar-refractivity contribution is 5.25. The van der Waals surface area contributed by atoms with Crippen molar-refractivity contribution in [3.05, 3.63) is 12.7 Å². The Morgan fingerprint density at radius 3 is 2.27 bits per heavy atom. The lowest BCUT2D eigenvalue weighted by atomic mass is 9.77. The molecule has 0 heterocycles. The van der Waals surface area contributed by atoms with Gasteiger partial charge in [-0.25, -0.2) is 0 Å². The van der Waals surface area contributed by atoms with E-state index in [0.29, 0.717) is 5.92 Å². The van der Waals surface area contributed by atoms with E-state index in [2.05, 4.69) is 33.4 Å². The smallest absolute Gasteiger partial charge is 0.0701 e. The molecule has 0 saturated heterocycles. The molecule has 11 heavy (non-hydrogen) atoms. The lowest BCUT2D eigenvalue weighted by molar-refractivity contribution is 0.266. The molecule has 0 bridgehead atoms. The summed E-state index contributed by atoms with van der Waals surface area (Å²) in [6.07, 6.45) is 2.91. The van der Waals surface area contributed by atoms with Crippen molar-refractivity contribution < 1.29 is 0 Å². The zero-order chi connectivity index (χ0) is 8.70. The first-order valence-corrected chi connectivity index (χ1v) is 4.02. The second-order valence-electron chi connectivity index (χ2n) is 4.38. The summed E-state index contributed by atoms with van der Waals surface area (Å²) in [5.41, 5.74) is -0.0185. The largest absolute Gasteiger partial charge is 0.198 e. The average Bonchev–Trinajstić information content (AvgIpc) is 2.60. The monoisotopic (exact) mass is 149 g/mol. The summed E-state index contributed by atoms with van der Waals surface area (Å²) in [4.78, 5) is 0. The standard InChI is InChI=1S/C10H15N/c1-5-8-6-10(8,7-11)9(2,3)4/h5,8H,1,6H2,2-4H3/t8-,10+/m1/s1. The maximum atomic E-state index is 9.00. The van der Waals surface area contributed by atoms with E-state index in [1.165, 1.54) is 0 Å². The van der Waals surface area contributed by atoms with Gasteiger partial charge in [0.2, 0.25) is 0 Å². The van der Waals surface area contributed by atoms with Gasteiger partial charge in [0.1, 0.15) is 0 Å². The van der Waals surface area contributed by atoms with Gasteiger partial charge in [-0.2, -0.15) is 5.26 Å². The highest BCUT2D eigenvalue weighted by atomic mass is 14.6. The molecule has 0 aromatic heterocycles. The Morgan fingerprint density at radius 2 is 2.18 bits per heavy atom. The van der Waals surface area contributed by atoms with E-state index in [1.54, 1.807) is 0 Å². The summed E-state index contributed by atoms with van der Waals surface area (Å²) in [5, 5.41) is 9.00. The Labute approximate surface area is 68.7 Å². The molecule has 1 rings (SSSR count). The molecular formula is C10H15N. The van der Waals surface area contributed by atoms with E-state index < -0.39 is 0 Å². The quantitative estimate of drug-likeness (QED) is 0.526. The van der Waals surface area contributed by atoms with Gasteiger partial charge in [-0.3, -0.25) is 0 Å². The van der Waals surface area contributed by atoms with Gasteiger partial charge in [0.25, 0.3) is 0 Å². The summed E-state index contributed by atoms with van der Waals surface area (Å²) >= 11 is 0. The van der Waals surface area contributed by atoms with E-state index in [9.17, 15) is 0 Å². The minimum atomic E-state index is -0.116. The molecule has 1 saturated carbocycles. The van der Waals surface area contributed by atoms with Crippen LogP contribution in [0.3, 0.4) is 0 Å². The van der Waals surface area contributed by atoms with Crippen LogP contribution in [-0.2, 0) is 0 Å². The van der Waals surface area contributed by atoms with Crippen molar-refractivity contribution in [2.75, 3.05) is 0 Å². The van der Waals surface area contributed by atoms with Crippen molar-refractivity contribution in [3.63, 3.8) is 0 Å². The van der Waals surface area contributed by atoms with Gasteiger partial charge in [0.05, 0.1) is 11.5 Å². The Kier molecular flexibility index (Phi) is 1.59. The van der Waals surface area contributed by atoms with E-state index in [-0.39, 0.29) is 10.8 Å². The molecule has 1 heteroatoms. The van der Waals surface area contributed by atoms with E-state index >= 15 is 0 Å². The molecule has 0 spiro atoms. The minimum absolute atomic E-state index is 0.0978. The summed E-state index contributed by atoms with van der Waals surface area (Å²) in [7, 11) is 0. The molecule has 0 amide bonds. The molecule has 60 valence electrons. The van der Waals surface area contributed by atoms with Crippen LogP contribution < -0.4 is 0 Å². The predicted octanol–water partition coefficient (Wildman–Crippen LogP) is 2.75.